The van der Waals surface area contributed by atoms with Crippen molar-refractivity contribution >= 4 is 34.3 Å². The first kappa shape index (κ1) is 27.1. The molecule has 0 aliphatic carbocycles. The molecular formula is C41H31N3. The summed E-state index contributed by atoms with van der Waals surface area (Å²) in [5.41, 5.74) is 12.2. The molecule has 0 radical (unpaired) electrons. The Bertz CT molecular complexity index is 2040. The van der Waals surface area contributed by atoms with E-state index in [1.807, 2.05) is 25.1 Å². The number of nitrogens with zero attached hydrogens (tertiary/aromatic N) is 3. The zero-order valence-corrected chi connectivity index (χ0v) is 24.6. The summed E-state index contributed by atoms with van der Waals surface area (Å²) in [6, 6.07) is 55.0. The van der Waals surface area contributed by atoms with E-state index in [9.17, 15) is 0 Å². The van der Waals surface area contributed by atoms with Gasteiger partial charge in [-0.05, 0) is 83.3 Å². The Hall–Kier alpha value is -5.80. The molecule has 0 unspecified atom stereocenters. The first-order valence-electron chi connectivity index (χ1n) is 14.8. The number of anilines is 3. The minimum atomic E-state index is 0.625. The Kier molecular flexibility index (Phi) is 7.27. The normalized spacial score (nSPS) is 12.9. The maximum atomic E-state index is 5.07. The Labute approximate surface area is 258 Å². The first-order valence-corrected chi connectivity index (χ1v) is 14.8. The van der Waals surface area contributed by atoms with E-state index in [1.165, 1.54) is 0 Å². The Morgan fingerprint density at radius 3 is 1.57 bits per heavy atom. The molecule has 0 atom stereocenters. The van der Waals surface area contributed by atoms with Crippen molar-refractivity contribution in [3.8, 4) is 22.3 Å². The highest BCUT2D eigenvalue weighted by Gasteiger charge is 2.16. The van der Waals surface area contributed by atoms with Crippen molar-refractivity contribution in [3.05, 3.63) is 181 Å². The van der Waals surface area contributed by atoms with Gasteiger partial charge >= 0.3 is 0 Å². The van der Waals surface area contributed by atoms with Gasteiger partial charge in [0.2, 0.25) is 0 Å². The molecule has 6 aromatic rings. The monoisotopic (exact) mass is 565 g/mol. The summed E-state index contributed by atoms with van der Waals surface area (Å²) in [5, 5.41) is 0. The molecule has 0 spiro atoms. The molecule has 1 aliphatic rings. The van der Waals surface area contributed by atoms with Crippen LogP contribution in [0.1, 0.15) is 23.6 Å². The summed E-state index contributed by atoms with van der Waals surface area (Å²) in [6.07, 6.45) is 0. The van der Waals surface area contributed by atoms with Gasteiger partial charge in [0.15, 0.2) is 5.84 Å². The van der Waals surface area contributed by atoms with Crippen LogP contribution >= 0.6 is 0 Å². The van der Waals surface area contributed by atoms with E-state index in [1.54, 1.807) is 0 Å². The van der Waals surface area contributed by atoms with Crippen LogP contribution in [0, 0.1) is 0 Å². The van der Waals surface area contributed by atoms with Gasteiger partial charge in [0.05, 0.1) is 5.70 Å². The summed E-state index contributed by atoms with van der Waals surface area (Å²) < 4.78 is 0. The smallest absolute Gasteiger partial charge is 0.160 e. The molecule has 8 bridgehead atoms. The number of hydrogen-bond donors (Lipinski definition) is 0. The van der Waals surface area contributed by atoms with Gasteiger partial charge in [0.1, 0.15) is 0 Å². The van der Waals surface area contributed by atoms with Crippen LogP contribution in [0.15, 0.2) is 174 Å². The van der Waals surface area contributed by atoms with Gasteiger partial charge in [-0.15, -0.1) is 0 Å². The molecule has 0 saturated carbocycles. The third-order valence-corrected chi connectivity index (χ3v) is 7.91. The van der Waals surface area contributed by atoms with Gasteiger partial charge in [0.25, 0.3) is 0 Å². The number of benzene rings is 6. The van der Waals surface area contributed by atoms with Gasteiger partial charge < -0.3 is 4.90 Å². The molecule has 7 rings (SSSR count). The van der Waals surface area contributed by atoms with Gasteiger partial charge in [-0.1, -0.05) is 116 Å². The predicted octanol–water partition coefficient (Wildman–Crippen LogP) is 10.7. The average Bonchev–Trinajstić information content (AvgIpc) is 3.09. The third-order valence-electron chi connectivity index (χ3n) is 7.91. The second-order valence-electron chi connectivity index (χ2n) is 10.9. The topological polar surface area (TPSA) is 28.0 Å². The summed E-state index contributed by atoms with van der Waals surface area (Å²) in [6.45, 7) is 6.43. The maximum absolute atomic E-state index is 5.07. The fraction of sp³-hybridized carbons (Fsp3) is 0.0244. The van der Waals surface area contributed by atoms with E-state index in [0.29, 0.717) is 11.5 Å². The summed E-state index contributed by atoms with van der Waals surface area (Å²) in [7, 11) is 0. The van der Waals surface area contributed by atoms with Crippen molar-refractivity contribution < 1.29 is 0 Å². The highest BCUT2D eigenvalue weighted by Crippen LogP contribution is 2.38. The van der Waals surface area contributed by atoms with E-state index < -0.39 is 0 Å². The third kappa shape index (κ3) is 5.51. The van der Waals surface area contributed by atoms with E-state index in [0.717, 1.165) is 61.7 Å². The SMILES string of the molecule is C=C1N=C(N=C(C)c2ccccc2)c2cccc(c2)-c2cccc(c2)N(c2ccccc2)c2cccc(c2)-c2cccc1c2. The highest BCUT2D eigenvalue weighted by molar-refractivity contribution is 6.13. The second-order valence-corrected chi connectivity index (χ2v) is 10.9. The number of rotatable bonds is 2. The first-order chi connectivity index (χ1) is 21.6. The van der Waals surface area contributed by atoms with E-state index in [-0.39, 0.29) is 0 Å². The maximum Gasteiger partial charge on any atom is 0.160 e. The van der Waals surface area contributed by atoms with Crippen LogP contribution in [0.4, 0.5) is 17.1 Å². The second kappa shape index (κ2) is 11.8. The van der Waals surface area contributed by atoms with Gasteiger partial charge in [-0.25, -0.2) is 9.98 Å². The molecule has 0 fully saturated rings. The molecule has 0 amide bonds. The zero-order valence-electron chi connectivity index (χ0n) is 24.6. The summed E-state index contributed by atoms with van der Waals surface area (Å²) in [4.78, 5) is 12.4. The van der Waals surface area contributed by atoms with Crippen molar-refractivity contribution in [3.63, 3.8) is 0 Å². The fourth-order valence-electron chi connectivity index (χ4n) is 5.64. The molecule has 0 aromatic heterocycles. The van der Waals surface area contributed by atoms with Crippen LogP contribution in [0.2, 0.25) is 0 Å². The van der Waals surface area contributed by atoms with E-state index in [2.05, 4.69) is 151 Å². The number of hydrogen-bond acceptors (Lipinski definition) is 3. The lowest BCUT2D eigenvalue weighted by Crippen LogP contribution is -2.10. The predicted molar refractivity (Wildman–Crippen MR) is 186 cm³/mol. The standard InChI is InChI=1S/C41H31N3/c1-29(31-13-5-3-6-14-31)42-41-37-20-10-17-34(26-37)36-19-12-24-40(28-36)44(38-21-7-4-8-22-38)39-23-11-18-35(27-39)33-16-9-15-32(25-33)30(2)43-41/h3-28H,2H2,1H3. The summed E-state index contributed by atoms with van der Waals surface area (Å²) >= 11 is 0. The quantitative estimate of drug-likeness (QED) is 0.192. The van der Waals surface area contributed by atoms with Crippen LogP contribution in [0.3, 0.4) is 0 Å². The molecule has 1 heterocycles. The Morgan fingerprint density at radius 2 is 0.955 bits per heavy atom. The van der Waals surface area contributed by atoms with Crippen LogP contribution in [0.5, 0.6) is 0 Å². The zero-order chi connectivity index (χ0) is 29.9. The molecule has 3 heteroatoms. The lowest BCUT2D eigenvalue weighted by Gasteiger charge is -2.26. The van der Waals surface area contributed by atoms with E-state index >= 15 is 0 Å². The van der Waals surface area contributed by atoms with Crippen LogP contribution in [-0.2, 0) is 0 Å². The highest BCUT2D eigenvalue weighted by atomic mass is 15.1. The minimum absolute atomic E-state index is 0.625. The number of para-hydroxylation sites is 1. The molecule has 3 nitrogen and oxygen atoms in total. The van der Waals surface area contributed by atoms with Crippen molar-refractivity contribution in [2.75, 3.05) is 4.90 Å². The number of fused-ring (bicyclic) bond motifs is 10. The van der Waals surface area contributed by atoms with Gasteiger partial charge in [0, 0.05) is 33.9 Å². The lowest BCUT2D eigenvalue weighted by molar-refractivity contribution is 1.28. The van der Waals surface area contributed by atoms with E-state index in [4.69, 9.17) is 9.98 Å². The fourth-order valence-corrected chi connectivity index (χ4v) is 5.64. The largest absolute Gasteiger partial charge is 0.310 e. The van der Waals surface area contributed by atoms with Crippen LogP contribution in [0.25, 0.3) is 28.0 Å². The summed E-state index contributed by atoms with van der Waals surface area (Å²) in [5.74, 6) is 0.625. The lowest BCUT2D eigenvalue weighted by atomic mass is 9.99. The van der Waals surface area contributed by atoms with Crippen molar-refractivity contribution in [1.82, 2.24) is 0 Å². The average molecular weight is 566 g/mol. The van der Waals surface area contributed by atoms with Crippen molar-refractivity contribution in [2.45, 2.75) is 6.92 Å². The molecule has 1 aliphatic heterocycles. The van der Waals surface area contributed by atoms with Crippen LogP contribution in [-0.4, -0.2) is 11.5 Å². The molecular weight excluding hydrogens is 534 g/mol. The minimum Gasteiger partial charge on any atom is -0.310 e. The van der Waals surface area contributed by atoms with Gasteiger partial charge in [-0.2, -0.15) is 0 Å². The number of amidine groups is 1. The van der Waals surface area contributed by atoms with Gasteiger partial charge in [-0.3, -0.25) is 0 Å². The molecule has 44 heavy (non-hydrogen) atoms. The van der Waals surface area contributed by atoms with Crippen molar-refractivity contribution in [2.24, 2.45) is 9.98 Å². The Balaban J connectivity index is 1.47. The van der Waals surface area contributed by atoms with Crippen LogP contribution < -0.4 is 4.90 Å². The van der Waals surface area contributed by atoms with Crippen molar-refractivity contribution in [1.29, 1.82) is 0 Å². The molecule has 210 valence electrons. The molecule has 0 N–H and O–H groups in total. The molecule has 0 saturated heterocycles. The Morgan fingerprint density at radius 1 is 0.500 bits per heavy atom. The molecule has 6 aromatic carbocycles. The number of aliphatic imine (C=N–C) groups is 2.